The highest BCUT2D eigenvalue weighted by Gasteiger charge is 2.62. The second-order valence-electron chi connectivity index (χ2n) is 5.84. The van der Waals surface area contributed by atoms with E-state index >= 15 is 0 Å². The van der Waals surface area contributed by atoms with Gasteiger partial charge in [-0.1, -0.05) is 0 Å². The van der Waals surface area contributed by atoms with Gasteiger partial charge in [-0.25, -0.2) is 0 Å². The highest BCUT2D eigenvalue weighted by Crippen LogP contribution is 2.37. The normalized spacial score (nSPS) is 56.9. The van der Waals surface area contributed by atoms with E-state index in [0.29, 0.717) is 0 Å². The van der Waals surface area contributed by atoms with E-state index in [1.807, 2.05) is 0 Å². The molecule has 2 aliphatic rings. The van der Waals surface area contributed by atoms with Gasteiger partial charge in [0.1, 0.15) is 42.2 Å². The molecule has 9 N–H and O–H groups in total. The molecule has 10 nitrogen and oxygen atoms in total. The zero-order chi connectivity index (χ0) is 16.8. The van der Waals surface area contributed by atoms with E-state index in [1.54, 1.807) is 0 Å². The Hall–Kier alpha value is -0.400. The molecule has 2 heterocycles. The van der Waals surface area contributed by atoms with Gasteiger partial charge >= 0.3 is 0 Å². The van der Waals surface area contributed by atoms with E-state index in [1.165, 1.54) is 6.92 Å². The number of rotatable bonds is 2. The molecule has 0 radical (unpaired) electrons. The van der Waals surface area contributed by atoms with E-state index in [-0.39, 0.29) is 0 Å². The number of nitrogens with two attached hydrogens (primary N) is 1. The number of ether oxygens (including phenoxy) is 2. The molecule has 2 aliphatic heterocycles. The van der Waals surface area contributed by atoms with Crippen LogP contribution in [0.1, 0.15) is 6.92 Å². The topological polar surface area (TPSA) is 186 Å². The first kappa shape index (κ1) is 17.9. The molecule has 0 aromatic heterocycles. The first-order chi connectivity index (χ1) is 10.2. The standard InChI is InChI=1S/C12H23NO9/c1-3-5(15)6(16)7(17)10(21-3)12(20)8(13)11(19)22-4(2-14)9(12)18/h3-11,14-20H,2,13H2,1H3/t3-,4+,5+,6+,7-,8-,9-,10?,11?,12+/m0/s1. The zero-order valence-corrected chi connectivity index (χ0v) is 11.9. The second kappa shape index (κ2) is 6.24. The molecule has 0 aliphatic carbocycles. The van der Waals surface area contributed by atoms with Gasteiger partial charge in [0, 0.05) is 0 Å². The van der Waals surface area contributed by atoms with E-state index in [9.17, 15) is 30.6 Å². The lowest BCUT2D eigenvalue weighted by molar-refractivity contribution is -0.338. The quantitative estimate of drug-likeness (QED) is 0.244. The highest BCUT2D eigenvalue weighted by molar-refractivity contribution is 5.12. The van der Waals surface area contributed by atoms with Crippen molar-refractivity contribution in [2.45, 2.75) is 67.6 Å². The van der Waals surface area contributed by atoms with E-state index in [0.717, 1.165) is 0 Å². The average molecular weight is 325 g/mol. The monoisotopic (exact) mass is 325 g/mol. The van der Waals surface area contributed by atoms with Gasteiger partial charge in [-0.15, -0.1) is 0 Å². The van der Waals surface area contributed by atoms with Crippen molar-refractivity contribution in [1.82, 2.24) is 0 Å². The minimum atomic E-state index is -2.42. The fourth-order valence-electron chi connectivity index (χ4n) is 3.00. The Bertz CT molecular complexity index is 399. The van der Waals surface area contributed by atoms with Crippen molar-refractivity contribution in [3.63, 3.8) is 0 Å². The molecule has 2 unspecified atom stereocenters. The summed E-state index contributed by atoms with van der Waals surface area (Å²) in [4.78, 5) is 0. The van der Waals surface area contributed by atoms with Crippen molar-refractivity contribution in [1.29, 1.82) is 0 Å². The molecule has 0 spiro atoms. The number of hydrogen-bond donors (Lipinski definition) is 8. The summed E-state index contributed by atoms with van der Waals surface area (Å²) in [6.07, 6.45) is -12.3. The molecule has 2 fully saturated rings. The van der Waals surface area contributed by atoms with Gasteiger partial charge in [0.2, 0.25) is 0 Å². The van der Waals surface area contributed by atoms with E-state index < -0.39 is 67.3 Å². The lowest BCUT2D eigenvalue weighted by Crippen LogP contribution is -2.78. The molecule has 0 amide bonds. The Labute approximate surface area is 126 Å². The molecule has 10 atom stereocenters. The predicted molar refractivity (Wildman–Crippen MR) is 69.3 cm³/mol. The first-order valence-corrected chi connectivity index (χ1v) is 6.96. The SMILES string of the molecule is C[C@@H]1OC([C@@]2(O)[C@@H](N)C(O)O[C@H](CO)[C@@H]2O)[C@@H](O)[C@H](O)[C@@H]1O. The van der Waals surface area contributed by atoms with Gasteiger partial charge in [0.05, 0.1) is 18.8 Å². The van der Waals surface area contributed by atoms with Crippen LogP contribution in [0.5, 0.6) is 0 Å². The van der Waals surface area contributed by atoms with Crippen molar-refractivity contribution in [3.05, 3.63) is 0 Å². The number of hydrogen-bond acceptors (Lipinski definition) is 10. The summed E-state index contributed by atoms with van der Waals surface area (Å²) in [6, 6.07) is -1.58. The minimum Gasteiger partial charge on any atom is -0.394 e. The summed E-state index contributed by atoms with van der Waals surface area (Å²) in [5, 5.41) is 69.5. The molecule has 2 rings (SSSR count). The lowest BCUT2D eigenvalue weighted by atomic mass is 9.74. The maximum absolute atomic E-state index is 10.8. The van der Waals surface area contributed by atoms with Gasteiger partial charge in [-0.3, -0.25) is 0 Å². The van der Waals surface area contributed by atoms with Crippen LogP contribution in [0.4, 0.5) is 0 Å². The zero-order valence-electron chi connectivity index (χ0n) is 11.9. The van der Waals surface area contributed by atoms with Crippen LogP contribution in [0.2, 0.25) is 0 Å². The van der Waals surface area contributed by atoms with Crippen LogP contribution in [0.3, 0.4) is 0 Å². The van der Waals surface area contributed by atoms with E-state index in [2.05, 4.69) is 0 Å². The average Bonchev–Trinajstić information content (AvgIpc) is 2.50. The molecular formula is C12H23NO9. The van der Waals surface area contributed by atoms with Crippen molar-refractivity contribution in [3.8, 4) is 0 Å². The van der Waals surface area contributed by atoms with Gasteiger partial charge in [-0.2, -0.15) is 0 Å². The third-order valence-electron chi connectivity index (χ3n) is 4.47. The van der Waals surface area contributed by atoms with Crippen LogP contribution in [-0.2, 0) is 9.47 Å². The molecule has 0 aromatic carbocycles. The predicted octanol–water partition coefficient (Wildman–Crippen LogP) is -5.01. The Morgan fingerprint density at radius 3 is 2.14 bits per heavy atom. The fraction of sp³-hybridized carbons (Fsp3) is 1.00. The molecule has 130 valence electrons. The third-order valence-corrected chi connectivity index (χ3v) is 4.47. The largest absolute Gasteiger partial charge is 0.394 e. The van der Waals surface area contributed by atoms with Crippen molar-refractivity contribution < 1.29 is 45.2 Å². The molecule has 22 heavy (non-hydrogen) atoms. The Kier molecular flexibility index (Phi) is 5.09. The highest BCUT2D eigenvalue weighted by atomic mass is 16.6. The smallest absolute Gasteiger partial charge is 0.173 e. The molecule has 0 bridgehead atoms. The van der Waals surface area contributed by atoms with Crippen molar-refractivity contribution >= 4 is 0 Å². The fourth-order valence-corrected chi connectivity index (χ4v) is 3.00. The summed E-state index contributed by atoms with van der Waals surface area (Å²) in [6.45, 7) is 0.671. The van der Waals surface area contributed by atoms with Crippen LogP contribution in [-0.4, -0.2) is 103 Å². The summed E-state index contributed by atoms with van der Waals surface area (Å²) in [5.74, 6) is 0. The Morgan fingerprint density at radius 1 is 1.00 bits per heavy atom. The van der Waals surface area contributed by atoms with Gasteiger partial charge < -0.3 is 51.0 Å². The summed E-state index contributed by atoms with van der Waals surface area (Å²) >= 11 is 0. The number of aliphatic hydroxyl groups is 7. The number of aliphatic hydroxyl groups excluding tert-OH is 6. The van der Waals surface area contributed by atoms with Gasteiger partial charge in [0.15, 0.2) is 6.29 Å². The van der Waals surface area contributed by atoms with Crippen LogP contribution in [0.25, 0.3) is 0 Å². The Balaban J connectivity index is 2.37. The molecule has 0 aromatic rings. The Morgan fingerprint density at radius 2 is 1.59 bits per heavy atom. The molecule has 0 saturated carbocycles. The lowest BCUT2D eigenvalue weighted by Gasteiger charge is -2.54. The van der Waals surface area contributed by atoms with Gasteiger partial charge in [-0.05, 0) is 6.92 Å². The van der Waals surface area contributed by atoms with Crippen LogP contribution < -0.4 is 5.73 Å². The summed E-state index contributed by atoms with van der Waals surface area (Å²) in [7, 11) is 0. The molecule has 2 saturated heterocycles. The summed E-state index contributed by atoms with van der Waals surface area (Å²) < 4.78 is 10.2. The van der Waals surface area contributed by atoms with Crippen LogP contribution >= 0.6 is 0 Å². The molecule has 10 heteroatoms. The van der Waals surface area contributed by atoms with Crippen molar-refractivity contribution in [2.75, 3.05) is 6.61 Å². The first-order valence-electron chi connectivity index (χ1n) is 6.96. The van der Waals surface area contributed by atoms with E-state index in [4.69, 9.17) is 20.3 Å². The second-order valence-corrected chi connectivity index (χ2v) is 5.84. The van der Waals surface area contributed by atoms with Crippen molar-refractivity contribution in [2.24, 2.45) is 5.73 Å². The third kappa shape index (κ3) is 2.55. The maximum Gasteiger partial charge on any atom is 0.173 e. The minimum absolute atomic E-state index is 0.725. The van der Waals surface area contributed by atoms with Crippen LogP contribution in [0, 0.1) is 0 Å². The van der Waals surface area contributed by atoms with Gasteiger partial charge in [0.25, 0.3) is 0 Å². The molecular weight excluding hydrogens is 302 g/mol. The van der Waals surface area contributed by atoms with Crippen LogP contribution in [0.15, 0.2) is 0 Å². The maximum atomic E-state index is 10.8. The summed E-state index contributed by atoms with van der Waals surface area (Å²) in [5.41, 5.74) is 3.26.